The van der Waals surface area contributed by atoms with Crippen LogP contribution in [0.1, 0.15) is 43.0 Å². The van der Waals surface area contributed by atoms with Crippen LogP contribution < -0.4 is 5.32 Å². The molecule has 6 rings (SSSR count). The molecular weight excluding hydrogens is 679 g/mol. The predicted molar refractivity (Wildman–Crippen MR) is 175 cm³/mol. The van der Waals surface area contributed by atoms with Crippen LogP contribution in [0.15, 0.2) is 109 Å². The number of carbonyl (C=O) groups excluding carboxylic acids is 3. The maximum atomic E-state index is 14.5. The number of nitrogens with one attached hydrogen (secondary N) is 2. The van der Waals surface area contributed by atoms with Gasteiger partial charge in [-0.3, -0.25) is 14.4 Å². The highest BCUT2D eigenvalue weighted by atomic mass is 19.4. The van der Waals surface area contributed by atoms with Crippen LogP contribution >= 0.6 is 0 Å². The molecule has 1 amide bonds. The zero-order chi connectivity index (χ0) is 36.5. The molecule has 1 aliphatic heterocycles. The molecule has 1 fully saturated rings. The number of halogens is 7. The monoisotopic (exact) mass is 707 g/mol. The number of amides is 1. The van der Waals surface area contributed by atoms with Gasteiger partial charge in [0.15, 0.2) is 11.6 Å². The van der Waals surface area contributed by atoms with Crippen molar-refractivity contribution in [3.8, 4) is 0 Å². The third-order valence-corrected chi connectivity index (χ3v) is 8.79. The van der Waals surface area contributed by atoms with Crippen LogP contribution in [0, 0.1) is 5.82 Å². The minimum absolute atomic E-state index is 0.0357. The van der Waals surface area contributed by atoms with Gasteiger partial charge in [0.2, 0.25) is 5.91 Å². The zero-order valence-corrected chi connectivity index (χ0v) is 26.4. The highest BCUT2D eigenvalue weighted by molar-refractivity contribution is 6.09. The Bertz CT molecular complexity index is 2140. The van der Waals surface area contributed by atoms with Crippen LogP contribution in [0.5, 0.6) is 0 Å². The Hall–Kier alpha value is -5.56. The SMILES string of the molecule is O=C(c1ccccc1C(F)(F)F)C1CNC(Cc2c[nH]c3ccccc23)C(C(=O)c2ccccc2C(F)(F)F)N1C(=O)/C=C/c1cccc(F)c1. The highest BCUT2D eigenvalue weighted by Gasteiger charge is 2.49. The molecule has 2 N–H and O–H groups in total. The first-order valence-electron chi connectivity index (χ1n) is 15.7. The van der Waals surface area contributed by atoms with Crippen molar-refractivity contribution < 1.29 is 45.1 Å². The van der Waals surface area contributed by atoms with Crippen molar-refractivity contribution in [2.75, 3.05) is 6.54 Å². The summed E-state index contributed by atoms with van der Waals surface area (Å²) in [5.74, 6) is -4.07. The minimum Gasteiger partial charge on any atom is -0.361 e. The number of hydrogen-bond acceptors (Lipinski definition) is 4. The van der Waals surface area contributed by atoms with Crippen LogP contribution in [0.3, 0.4) is 0 Å². The standard InChI is InChI=1S/C38H28F7N3O3/c39-24-9-7-8-22(18-24)16-17-33(49)48-32(35(50)26-11-1-4-13-28(26)37(40,41)42)21-47-31(19-23-20-46-30-15-6-3-10-25(23)30)34(48)36(51)27-12-2-5-14-29(27)38(43,44)45/h1-18,20,31-32,34,46-47H,19,21H2/b17-16+. The highest BCUT2D eigenvalue weighted by Crippen LogP contribution is 2.36. The van der Waals surface area contributed by atoms with Crippen molar-refractivity contribution in [3.05, 3.63) is 149 Å². The first-order valence-corrected chi connectivity index (χ1v) is 15.7. The minimum atomic E-state index is -4.99. The quantitative estimate of drug-likeness (QED) is 0.0977. The van der Waals surface area contributed by atoms with Crippen LogP contribution in [0.4, 0.5) is 30.7 Å². The molecule has 1 saturated heterocycles. The molecule has 0 bridgehead atoms. The van der Waals surface area contributed by atoms with Gasteiger partial charge in [-0.1, -0.05) is 66.7 Å². The Labute approximate surface area is 286 Å². The van der Waals surface area contributed by atoms with E-state index in [2.05, 4.69) is 10.3 Å². The van der Waals surface area contributed by atoms with Crippen LogP contribution in [0.2, 0.25) is 0 Å². The van der Waals surface area contributed by atoms with Gasteiger partial charge in [-0.15, -0.1) is 0 Å². The molecule has 4 aromatic carbocycles. The summed E-state index contributed by atoms with van der Waals surface area (Å²) in [4.78, 5) is 46.7. The third-order valence-electron chi connectivity index (χ3n) is 8.79. The topological polar surface area (TPSA) is 82.3 Å². The Morgan fingerprint density at radius 3 is 2.02 bits per heavy atom. The number of aromatic amines is 1. The maximum absolute atomic E-state index is 14.5. The van der Waals surface area contributed by atoms with E-state index in [0.717, 1.165) is 58.3 Å². The molecule has 0 saturated carbocycles. The van der Waals surface area contributed by atoms with Crippen molar-refractivity contribution in [1.82, 2.24) is 15.2 Å². The molecule has 3 atom stereocenters. The van der Waals surface area contributed by atoms with Gasteiger partial charge >= 0.3 is 12.4 Å². The number of fused-ring (bicyclic) bond motifs is 1. The van der Waals surface area contributed by atoms with Gasteiger partial charge in [-0.05, 0) is 54.0 Å². The number of para-hydroxylation sites is 1. The maximum Gasteiger partial charge on any atom is 0.417 e. The van der Waals surface area contributed by atoms with Gasteiger partial charge in [0, 0.05) is 46.9 Å². The van der Waals surface area contributed by atoms with Crippen molar-refractivity contribution in [2.45, 2.75) is 36.9 Å². The number of nitrogens with zero attached hydrogens (tertiary/aromatic N) is 1. The van der Waals surface area contributed by atoms with Crippen LogP contribution in [0.25, 0.3) is 17.0 Å². The van der Waals surface area contributed by atoms with Crippen molar-refractivity contribution >= 4 is 34.5 Å². The smallest absolute Gasteiger partial charge is 0.361 e. The number of ketones is 2. The van der Waals surface area contributed by atoms with Gasteiger partial charge in [-0.25, -0.2) is 4.39 Å². The molecule has 0 spiro atoms. The van der Waals surface area contributed by atoms with E-state index >= 15 is 0 Å². The fraction of sp³-hybridized carbons (Fsp3) is 0.184. The summed E-state index contributed by atoms with van der Waals surface area (Å²) in [6.07, 6.45) is -6.27. The van der Waals surface area contributed by atoms with E-state index in [0.29, 0.717) is 17.7 Å². The normalized spacial score (nSPS) is 18.3. The van der Waals surface area contributed by atoms with Crippen molar-refractivity contribution in [2.24, 2.45) is 0 Å². The Morgan fingerprint density at radius 2 is 1.37 bits per heavy atom. The number of carbonyl (C=O) groups is 3. The molecule has 5 aromatic rings. The summed E-state index contributed by atoms with van der Waals surface area (Å²) in [6, 6.07) is 15.3. The first kappa shape index (κ1) is 35.3. The molecule has 2 heterocycles. The van der Waals surface area contributed by atoms with Crippen LogP contribution in [-0.4, -0.2) is 52.0 Å². The fourth-order valence-corrected chi connectivity index (χ4v) is 6.49. The molecule has 1 aromatic heterocycles. The lowest BCUT2D eigenvalue weighted by Crippen LogP contribution is -2.69. The Balaban J connectivity index is 1.52. The lowest BCUT2D eigenvalue weighted by Gasteiger charge is -2.45. The molecule has 0 radical (unpaired) electrons. The fourth-order valence-electron chi connectivity index (χ4n) is 6.49. The average Bonchev–Trinajstić information content (AvgIpc) is 3.51. The number of hydrogen-bond donors (Lipinski definition) is 2. The average molecular weight is 708 g/mol. The second-order valence-corrected chi connectivity index (χ2v) is 12.0. The van der Waals surface area contributed by atoms with E-state index in [1.165, 1.54) is 30.3 Å². The molecule has 6 nitrogen and oxygen atoms in total. The second-order valence-electron chi connectivity index (χ2n) is 12.0. The zero-order valence-electron chi connectivity index (χ0n) is 26.4. The van der Waals surface area contributed by atoms with E-state index < -0.39 is 82.6 Å². The summed E-state index contributed by atoms with van der Waals surface area (Å²) >= 11 is 0. The number of benzene rings is 4. The van der Waals surface area contributed by atoms with Crippen molar-refractivity contribution in [3.63, 3.8) is 0 Å². The summed E-state index contributed by atoms with van der Waals surface area (Å²) in [7, 11) is 0. The molecular formula is C38H28F7N3O3. The first-order chi connectivity index (χ1) is 24.2. The van der Waals surface area contributed by atoms with Crippen molar-refractivity contribution in [1.29, 1.82) is 0 Å². The van der Waals surface area contributed by atoms with E-state index in [1.54, 1.807) is 30.5 Å². The summed E-state index contributed by atoms with van der Waals surface area (Å²) in [5, 5.41) is 3.74. The molecule has 3 unspecified atom stereocenters. The van der Waals surface area contributed by atoms with E-state index in [9.17, 15) is 45.1 Å². The van der Waals surface area contributed by atoms with Gasteiger partial charge in [-0.2, -0.15) is 26.3 Å². The number of rotatable bonds is 8. The number of Topliss-reactive ketones (excluding diaryl/α,β-unsaturated/α-hetero) is 2. The van der Waals surface area contributed by atoms with Gasteiger partial charge in [0.25, 0.3) is 0 Å². The number of H-pyrrole nitrogens is 1. The molecule has 262 valence electrons. The summed E-state index contributed by atoms with van der Waals surface area (Å²) < 4.78 is 99.1. The molecule has 1 aliphatic rings. The largest absolute Gasteiger partial charge is 0.417 e. The summed E-state index contributed by atoms with van der Waals surface area (Å²) in [6.45, 7) is -0.442. The molecule has 13 heteroatoms. The summed E-state index contributed by atoms with van der Waals surface area (Å²) in [5.41, 5.74) is -2.62. The Morgan fingerprint density at radius 1 is 0.765 bits per heavy atom. The Kier molecular flexibility index (Phi) is 9.67. The van der Waals surface area contributed by atoms with E-state index in [4.69, 9.17) is 0 Å². The second kappa shape index (κ2) is 14.0. The number of alkyl halides is 6. The van der Waals surface area contributed by atoms with Gasteiger partial charge < -0.3 is 15.2 Å². The lowest BCUT2D eigenvalue weighted by molar-refractivity contribution is -0.138. The molecule has 0 aliphatic carbocycles. The lowest BCUT2D eigenvalue weighted by atomic mass is 9.84. The molecule has 51 heavy (non-hydrogen) atoms. The van der Waals surface area contributed by atoms with Gasteiger partial charge in [0.1, 0.15) is 17.9 Å². The van der Waals surface area contributed by atoms with E-state index in [-0.39, 0.29) is 12.0 Å². The number of aromatic nitrogens is 1. The van der Waals surface area contributed by atoms with Gasteiger partial charge in [0.05, 0.1) is 11.1 Å². The van der Waals surface area contributed by atoms with Crippen LogP contribution in [-0.2, 0) is 23.6 Å². The third kappa shape index (κ3) is 7.34. The number of piperazine rings is 1. The van der Waals surface area contributed by atoms with E-state index in [1.807, 2.05) is 0 Å². The predicted octanol–water partition coefficient (Wildman–Crippen LogP) is 7.90.